The lowest BCUT2D eigenvalue weighted by Crippen LogP contribution is -2.40. The molecule has 3 aromatic rings. The third-order valence-electron chi connectivity index (χ3n) is 5.71. The molecule has 1 amide bonds. The molecule has 1 aromatic carbocycles. The summed E-state index contributed by atoms with van der Waals surface area (Å²) in [6, 6.07) is 7.72. The molecule has 0 radical (unpaired) electrons. The van der Waals surface area contributed by atoms with Gasteiger partial charge in [0.2, 0.25) is 5.91 Å². The van der Waals surface area contributed by atoms with Crippen LogP contribution in [0.25, 0.3) is 10.6 Å². The topological polar surface area (TPSA) is 101 Å². The average molecular weight is 482 g/mol. The fraction of sp³-hybridized carbons (Fsp3) is 0.385. The summed E-state index contributed by atoms with van der Waals surface area (Å²) in [5, 5.41) is 15.0. The Bertz CT molecular complexity index is 1220. The summed E-state index contributed by atoms with van der Waals surface area (Å²) in [5.41, 5.74) is 4.23. The molecule has 0 aliphatic heterocycles. The van der Waals surface area contributed by atoms with E-state index in [1.807, 2.05) is 52.8 Å². The standard InChI is InChI=1S/C26H31N3O4S/c1-15(2)11-21(29-10-9-16(3)12-22(29)30)25(33)27-19(13-23(31)32)20-14-34-26(28-20)24-17(4)7-6-8-18(24)5/h6-10,12,14-15,19,21H,11,13H2,1-5H3,(H,27,33)(H,31,32)/t19-,21-/m0/s1. The van der Waals surface area contributed by atoms with Gasteiger partial charge in [0.15, 0.2) is 0 Å². The molecule has 0 saturated heterocycles. The predicted molar refractivity (Wildman–Crippen MR) is 134 cm³/mol. The molecule has 0 aliphatic rings. The minimum Gasteiger partial charge on any atom is -0.481 e. The first-order valence-corrected chi connectivity index (χ1v) is 12.2. The number of aryl methyl sites for hydroxylation is 3. The Balaban J connectivity index is 1.94. The zero-order chi connectivity index (χ0) is 25.0. The first kappa shape index (κ1) is 25.4. The highest BCUT2D eigenvalue weighted by molar-refractivity contribution is 7.13. The second-order valence-corrected chi connectivity index (χ2v) is 9.96. The molecule has 2 heterocycles. The van der Waals surface area contributed by atoms with Crippen LogP contribution in [0.4, 0.5) is 0 Å². The van der Waals surface area contributed by atoms with E-state index in [-0.39, 0.29) is 17.9 Å². The lowest BCUT2D eigenvalue weighted by molar-refractivity contribution is -0.138. The predicted octanol–water partition coefficient (Wildman–Crippen LogP) is 4.82. The number of carbonyl (C=O) groups is 2. The highest BCUT2D eigenvalue weighted by Crippen LogP contribution is 2.32. The number of benzene rings is 1. The highest BCUT2D eigenvalue weighted by Gasteiger charge is 2.28. The van der Waals surface area contributed by atoms with Crippen LogP contribution in [0.5, 0.6) is 0 Å². The maximum atomic E-state index is 13.4. The molecule has 0 bridgehead atoms. The third-order valence-corrected chi connectivity index (χ3v) is 6.58. The van der Waals surface area contributed by atoms with Crippen LogP contribution >= 0.6 is 11.3 Å². The van der Waals surface area contributed by atoms with Crippen molar-refractivity contribution < 1.29 is 14.7 Å². The number of nitrogens with zero attached hydrogens (tertiary/aromatic N) is 2. The van der Waals surface area contributed by atoms with Crippen molar-refractivity contribution in [3.8, 4) is 10.6 Å². The number of rotatable bonds is 9. The van der Waals surface area contributed by atoms with E-state index in [1.165, 1.54) is 22.0 Å². The van der Waals surface area contributed by atoms with Crippen LogP contribution in [0.1, 0.15) is 61.2 Å². The molecule has 8 heteroatoms. The van der Waals surface area contributed by atoms with Gasteiger partial charge in [0, 0.05) is 23.2 Å². The molecular formula is C26H31N3O4S. The van der Waals surface area contributed by atoms with E-state index in [0.29, 0.717) is 12.1 Å². The molecule has 0 saturated carbocycles. The van der Waals surface area contributed by atoms with Crippen molar-refractivity contribution in [3.63, 3.8) is 0 Å². The number of pyridine rings is 1. The van der Waals surface area contributed by atoms with Crippen molar-refractivity contribution >= 4 is 23.2 Å². The molecule has 0 unspecified atom stereocenters. The van der Waals surface area contributed by atoms with Gasteiger partial charge in [-0.2, -0.15) is 0 Å². The second-order valence-electron chi connectivity index (χ2n) is 9.10. The molecule has 2 aromatic heterocycles. The molecule has 2 atom stereocenters. The number of aliphatic carboxylic acids is 1. The number of hydrogen-bond acceptors (Lipinski definition) is 5. The molecule has 0 aliphatic carbocycles. The van der Waals surface area contributed by atoms with Crippen LogP contribution in [-0.4, -0.2) is 26.5 Å². The Morgan fingerprint density at radius 2 is 1.82 bits per heavy atom. The zero-order valence-corrected chi connectivity index (χ0v) is 21.0. The van der Waals surface area contributed by atoms with Crippen molar-refractivity contribution in [1.29, 1.82) is 0 Å². The van der Waals surface area contributed by atoms with Crippen LogP contribution in [-0.2, 0) is 9.59 Å². The quantitative estimate of drug-likeness (QED) is 0.456. The Labute approximate surface area is 203 Å². The first-order chi connectivity index (χ1) is 16.1. The maximum Gasteiger partial charge on any atom is 0.305 e. The second kappa shape index (κ2) is 10.8. The Hall–Kier alpha value is -3.26. The fourth-order valence-corrected chi connectivity index (χ4v) is 5.07. The summed E-state index contributed by atoms with van der Waals surface area (Å²) in [5.74, 6) is -1.29. The smallest absolute Gasteiger partial charge is 0.305 e. The molecular weight excluding hydrogens is 450 g/mol. The van der Waals surface area contributed by atoms with Crippen molar-refractivity contribution in [2.24, 2.45) is 5.92 Å². The summed E-state index contributed by atoms with van der Waals surface area (Å²) < 4.78 is 1.42. The third kappa shape index (κ3) is 5.99. The van der Waals surface area contributed by atoms with Crippen molar-refractivity contribution in [2.45, 2.75) is 59.5 Å². The van der Waals surface area contributed by atoms with Gasteiger partial charge in [-0.15, -0.1) is 11.3 Å². The zero-order valence-electron chi connectivity index (χ0n) is 20.2. The normalized spacial score (nSPS) is 13.0. The van der Waals surface area contributed by atoms with E-state index in [1.54, 1.807) is 17.6 Å². The number of hydrogen-bond donors (Lipinski definition) is 2. The average Bonchev–Trinajstić information content (AvgIpc) is 3.21. The van der Waals surface area contributed by atoms with Gasteiger partial charge in [-0.3, -0.25) is 14.4 Å². The summed E-state index contributed by atoms with van der Waals surface area (Å²) in [6.07, 6.45) is 1.76. The van der Waals surface area contributed by atoms with E-state index in [2.05, 4.69) is 5.32 Å². The lowest BCUT2D eigenvalue weighted by Gasteiger charge is -2.24. The van der Waals surface area contributed by atoms with Crippen LogP contribution in [0, 0.1) is 26.7 Å². The SMILES string of the molecule is Cc1ccn([C@@H](CC(C)C)C(=O)N[C@@H](CC(=O)O)c2csc(-c3c(C)cccc3C)n2)c(=O)c1. The highest BCUT2D eigenvalue weighted by atomic mass is 32.1. The van der Waals surface area contributed by atoms with E-state index in [9.17, 15) is 19.5 Å². The van der Waals surface area contributed by atoms with Crippen molar-refractivity contribution in [1.82, 2.24) is 14.9 Å². The van der Waals surface area contributed by atoms with E-state index in [4.69, 9.17) is 4.98 Å². The first-order valence-electron chi connectivity index (χ1n) is 11.3. The maximum absolute atomic E-state index is 13.4. The Morgan fingerprint density at radius 3 is 2.41 bits per heavy atom. The van der Waals surface area contributed by atoms with E-state index < -0.39 is 24.0 Å². The molecule has 3 rings (SSSR count). The fourth-order valence-electron chi connectivity index (χ4n) is 4.02. The van der Waals surface area contributed by atoms with Crippen LogP contribution in [0.15, 0.2) is 46.7 Å². The minimum absolute atomic E-state index is 0.150. The summed E-state index contributed by atoms with van der Waals surface area (Å²) in [4.78, 5) is 42.3. The van der Waals surface area contributed by atoms with Crippen LogP contribution in [0.2, 0.25) is 0 Å². The van der Waals surface area contributed by atoms with Gasteiger partial charge < -0.3 is 15.0 Å². The Kier molecular flexibility index (Phi) is 8.04. The largest absolute Gasteiger partial charge is 0.481 e. The molecule has 2 N–H and O–H groups in total. The van der Waals surface area contributed by atoms with Gasteiger partial charge >= 0.3 is 5.97 Å². The summed E-state index contributed by atoms with van der Waals surface area (Å²) >= 11 is 1.42. The molecule has 7 nitrogen and oxygen atoms in total. The number of aromatic nitrogens is 2. The van der Waals surface area contributed by atoms with Crippen molar-refractivity contribution in [3.05, 3.63) is 74.6 Å². The van der Waals surface area contributed by atoms with Gasteiger partial charge in [-0.25, -0.2) is 4.98 Å². The molecule has 0 spiro atoms. The molecule has 0 fully saturated rings. The monoisotopic (exact) mass is 481 g/mol. The van der Waals surface area contributed by atoms with Crippen molar-refractivity contribution in [2.75, 3.05) is 0 Å². The molecule has 180 valence electrons. The molecule has 34 heavy (non-hydrogen) atoms. The van der Waals surface area contributed by atoms with Gasteiger partial charge in [0.05, 0.1) is 18.2 Å². The Morgan fingerprint density at radius 1 is 1.15 bits per heavy atom. The van der Waals surface area contributed by atoms with Crippen LogP contribution in [0.3, 0.4) is 0 Å². The minimum atomic E-state index is -1.04. The number of nitrogens with one attached hydrogen (secondary N) is 1. The van der Waals surface area contributed by atoms with Gasteiger partial charge in [0.1, 0.15) is 11.0 Å². The number of carbonyl (C=O) groups excluding carboxylic acids is 1. The van der Waals surface area contributed by atoms with Gasteiger partial charge in [-0.05, 0) is 55.9 Å². The summed E-state index contributed by atoms with van der Waals surface area (Å²) in [6.45, 7) is 9.80. The van der Waals surface area contributed by atoms with E-state index in [0.717, 1.165) is 27.3 Å². The van der Waals surface area contributed by atoms with Gasteiger partial charge in [0.25, 0.3) is 5.56 Å². The number of carboxylic acid groups (broad SMARTS) is 1. The number of carboxylic acids is 1. The van der Waals surface area contributed by atoms with E-state index >= 15 is 0 Å². The lowest BCUT2D eigenvalue weighted by atomic mass is 10.0. The van der Waals surface area contributed by atoms with Crippen LogP contribution < -0.4 is 10.9 Å². The number of amides is 1. The number of thiazole rings is 1. The van der Waals surface area contributed by atoms with Gasteiger partial charge in [-0.1, -0.05) is 32.0 Å². The summed E-state index contributed by atoms with van der Waals surface area (Å²) in [7, 11) is 0.